The van der Waals surface area contributed by atoms with E-state index in [2.05, 4.69) is 10.1 Å². The Hall–Kier alpha value is -3.04. The van der Waals surface area contributed by atoms with E-state index in [0.29, 0.717) is 18.4 Å². The zero-order valence-corrected chi connectivity index (χ0v) is 19.5. The average molecular weight is 506 g/mol. The lowest BCUT2D eigenvalue weighted by Gasteiger charge is -2.22. The van der Waals surface area contributed by atoms with Gasteiger partial charge >= 0.3 is 6.18 Å². The molecular weight excluding hydrogens is 487 g/mol. The molecule has 5 nitrogen and oxygen atoms in total. The predicted molar refractivity (Wildman–Crippen MR) is 125 cm³/mol. The third-order valence-electron chi connectivity index (χ3n) is 5.24. The summed E-state index contributed by atoms with van der Waals surface area (Å²) in [6.07, 6.45) is -3.31. The molecule has 0 spiro atoms. The first kappa shape index (κ1) is 24.1. The molecule has 1 aromatic heterocycles. The first-order chi connectivity index (χ1) is 16.3. The van der Waals surface area contributed by atoms with Crippen molar-refractivity contribution in [3.05, 3.63) is 88.6 Å². The van der Waals surface area contributed by atoms with Crippen LogP contribution in [0, 0.1) is 0 Å². The van der Waals surface area contributed by atoms with Gasteiger partial charge in [0.25, 0.3) is 5.91 Å². The van der Waals surface area contributed by atoms with Crippen LogP contribution in [0.2, 0.25) is 5.02 Å². The highest BCUT2D eigenvalue weighted by Gasteiger charge is 2.34. The summed E-state index contributed by atoms with van der Waals surface area (Å²) in [4.78, 5) is 17.0. The third-order valence-corrected chi connectivity index (χ3v) is 6.63. The van der Waals surface area contributed by atoms with Gasteiger partial charge in [-0.1, -0.05) is 65.8 Å². The van der Waals surface area contributed by atoms with Crippen molar-refractivity contribution < 1.29 is 22.7 Å². The standard InChI is InChI=1S/C24H19ClF3N3O2S/c1-33-18-9-7-16(8-10-18)21-12-20(15-5-3-2-4-6-15)30-31(21)22(32)14-34-23-19(25)11-17(13-29-23)24(26,27)28/h2-11,13,21H,12,14H2,1H3/t21-/m1/s1. The van der Waals surface area contributed by atoms with Crippen molar-refractivity contribution in [1.29, 1.82) is 0 Å². The van der Waals surface area contributed by atoms with Gasteiger partial charge in [-0.3, -0.25) is 4.79 Å². The van der Waals surface area contributed by atoms with Gasteiger partial charge in [-0.25, -0.2) is 9.99 Å². The molecule has 0 saturated carbocycles. The summed E-state index contributed by atoms with van der Waals surface area (Å²) >= 11 is 6.96. The highest BCUT2D eigenvalue weighted by Crippen LogP contribution is 2.36. The SMILES string of the molecule is COc1ccc([C@H]2CC(c3ccccc3)=NN2C(=O)CSc2ncc(C(F)(F)F)cc2Cl)cc1. The first-order valence-electron chi connectivity index (χ1n) is 10.2. The minimum absolute atomic E-state index is 0.0870. The van der Waals surface area contributed by atoms with Crippen LogP contribution in [0.5, 0.6) is 5.75 Å². The predicted octanol–water partition coefficient (Wildman–Crippen LogP) is 6.23. The minimum atomic E-state index is -4.54. The topological polar surface area (TPSA) is 54.8 Å². The molecule has 1 atom stereocenters. The van der Waals surface area contributed by atoms with Crippen molar-refractivity contribution in [3.8, 4) is 5.75 Å². The quantitative estimate of drug-likeness (QED) is 0.372. The first-order valence-corrected chi connectivity index (χ1v) is 11.6. The molecule has 1 aliphatic rings. The van der Waals surface area contributed by atoms with Gasteiger partial charge in [-0.15, -0.1) is 0 Å². The van der Waals surface area contributed by atoms with E-state index in [0.717, 1.165) is 34.7 Å². The number of pyridine rings is 1. The molecule has 1 amide bonds. The van der Waals surface area contributed by atoms with Crippen molar-refractivity contribution in [1.82, 2.24) is 9.99 Å². The lowest BCUT2D eigenvalue weighted by atomic mass is 9.98. The van der Waals surface area contributed by atoms with Gasteiger partial charge in [-0.05, 0) is 29.3 Å². The fraction of sp³-hybridized carbons (Fsp3) is 0.208. The van der Waals surface area contributed by atoms with E-state index in [9.17, 15) is 18.0 Å². The van der Waals surface area contributed by atoms with Crippen molar-refractivity contribution in [2.24, 2.45) is 5.10 Å². The number of carbonyl (C=O) groups is 1. The largest absolute Gasteiger partial charge is 0.497 e. The van der Waals surface area contributed by atoms with Gasteiger partial charge in [0.15, 0.2) is 0 Å². The average Bonchev–Trinajstić information content (AvgIpc) is 3.29. The number of thioether (sulfide) groups is 1. The maximum Gasteiger partial charge on any atom is 0.417 e. The van der Waals surface area contributed by atoms with Gasteiger partial charge in [0, 0.05) is 12.6 Å². The number of aromatic nitrogens is 1. The number of amides is 1. The Bertz CT molecular complexity index is 1200. The van der Waals surface area contributed by atoms with E-state index < -0.39 is 11.7 Å². The number of rotatable bonds is 6. The maximum absolute atomic E-state index is 13.2. The van der Waals surface area contributed by atoms with Crippen LogP contribution in [0.25, 0.3) is 0 Å². The van der Waals surface area contributed by atoms with E-state index in [4.69, 9.17) is 16.3 Å². The summed E-state index contributed by atoms with van der Waals surface area (Å²) in [5.74, 6) is 0.299. The van der Waals surface area contributed by atoms with Crippen molar-refractivity contribution in [2.45, 2.75) is 23.7 Å². The summed E-state index contributed by atoms with van der Waals surface area (Å²) in [6, 6.07) is 17.4. The molecular formula is C24H19ClF3N3O2S. The van der Waals surface area contributed by atoms with Crippen molar-refractivity contribution in [3.63, 3.8) is 0 Å². The molecule has 2 heterocycles. The molecule has 0 radical (unpaired) electrons. The van der Waals surface area contributed by atoms with Crippen LogP contribution in [0.3, 0.4) is 0 Å². The van der Waals surface area contributed by atoms with Crippen LogP contribution in [0.1, 0.15) is 29.2 Å². The molecule has 10 heteroatoms. The normalized spacial score (nSPS) is 15.9. The summed E-state index contributed by atoms with van der Waals surface area (Å²) in [5.41, 5.74) is 1.63. The van der Waals surface area contributed by atoms with Crippen LogP contribution in [-0.4, -0.2) is 34.5 Å². The minimum Gasteiger partial charge on any atom is -0.497 e. The zero-order chi connectivity index (χ0) is 24.3. The molecule has 3 aromatic rings. The summed E-state index contributed by atoms with van der Waals surface area (Å²) < 4.78 is 43.8. The second-order valence-electron chi connectivity index (χ2n) is 7.44. The zero-order valence-electron chi connectivity index (χ0n) is 17.9. The van der Waals surface area contributed by atoms with Crippen LogP contribution in [0.15, 0.2) is 77.0 Å². The number of hydrazone groups is 1. The van der Waals surface area contributed by atoms with Crippen LogP contribution in [0.4, 0.5) is 13.2 Å². The van der Waals surface area contributed by atoms with Gasteiger partial charge in [-0.2, -0.15) is 18.3 Å². The van der Waals surface area contributed by atoms with Crippen LogP contribution < -0.4 is 4.74 Å². The molecule has 0 fully saturated rings. The highest BCUT2D eigenvalue weighted by molar-refractivity contribution is 8.00. The molecule has 4 rings (SSSR count). The molecule has 0 N–H and O–H groups in total. The van der Waals surface area contributed by atoms with E-state index in [1.807, 2.05) is 54.6 Å². The summed E-state index contributed by atoms with van der Waals surface area (Å²) in [6.45, 7) is 0. The summed E-state index contributed by atoms with van der Waals surface area (Å²) in [5, 5.41) is 6.01. The monoisotopic (exact) mass is 505 g/mol. The van der Waals surface area contributed by atoms with Crippen molar-refractivity contribution in [2.75, 3.05) is 12.9 Å². The summed E-state index contributed by atoms with van der Waals surface area (Å²) in [7, 11) is 1.58. The second-order valence-corrected chi connectivity index (χ2v) is 8.81. The van der Waals surface area contributed by atoms with Gasteiger partial charge in [0.1, 0.15) is 10.8 Å². The van der Waals surface area contributed by atoms with Gasteiger partial charge in [0.05, 0.1) is 35.2 Å². The van der Waals surface area contributed by atoms with Gasteiger partial charge < -0.3 is 4.74 Å². The molecule has 0 bridgehead atoms. The van der Waals surface area contributed by atoms with E-state index in [1.54, 1.807) is 7.11 Å². The van der Waals surface area contributed by atoms with Crippen LogP contribution in [-0.2, 0) is 11.0 Å². The Morgan fingerprint density at radius 2 is 1.88 bits per heavy atom. The molecule has 2 aromatic carbocycles. The Morgan fingerprint density at radius 3 is 2.50 bits per heavy atom. The molecule has 176 valence electrons. The Morgan fingerprint density at radius 1 is 1.18 bits per heavy atom. The fourth-order valence-corrected chi connectivity index (χ4v) is 4.56. The number of hydrogen-bond acceptors (Lipinski definition) is 5. The molecule has 1 aliphatic heterocycles. The Balaban J connectivity index is 1.55. The molecule has 0 saturated heterocycles. The lowest BCUT2D eigenvalue weighted by molar-refractivity contribution is -0.138. The fourth-order valence-electron chi connectivity index (χ4n) is 3.51. The highest BCUT2D eigenvalue weighted by atomic mass is 35.5. The number of alkyl halides is 3. The lowest BCUT2D eigenvalue weighted by Crippen LogP contribution is -2.28. The number of carbonyl (C=O) groups excluding carboxylic acids is 1. The Kier molecular flexibility index (Phi) is 7.13. The van der Waals surface area contributed by atoms with Gasteiger partial charge in [0.2, 0.25) is 0 Å². The number of methoxy groups -OCH3 is 1. The van der Waals surface area contributed by atoms with Crippen molar-refractivity contribution >= 4 is 35.0 Å². The van der Waals surface area contributed by atoms with E-state index >= 15 is 0 Å². The van der Waals surface area contributed by atoms with E-state index in [-0.39, 0.29) is 27.8 Å². The Labute approximate surface area is 203 Å². The smallest absolute Gasteiger partial charge is 0.417 e. The van der Waals surface area contributed by atoms with Crippen LogP contribution >= 0.6 is 23.4 Å². The number of hydrogen-bond donors (Lipinski definition) is 0. The number of nitrogens with zero attached hydrogens (tertiary/aromatic N) is 3. The number of benzene rings is 2. The maximum atomic E-state index is 13.2. The molecule has 34 heavy (non-hydrogen) atoms. The third kappa shape index (κ3) is 5.37. The molecule has 0 unspecified atom stereocenters. The molecule has 0 aliphatic carbocycles. The number of halogens is 4. The number of ether oxygens (including phenoxy) is 1. The van der Waals surface area contributed by atoms with E-state index in [1.165, 1.54) is 5.01 Å². The second kappa shape index (κ2) is 10.1.